The zero-order valence-corrected chi connectivity index (χ0v) is 10.4. The summed E-state index contributed by atoms with van der Waals surface area (Å²) in [5, 5.41) is 9.24. The Morgan fingerprint density at radius 3 is 2.72 bits per heavy atom. The molecule has 0 radical (unpaired) electrons. The number of hydrogen-bond donors (Lipinski definition) is 1. The third-order valence-electron chi connectivity index (χ3n) is 4.22. The van der Waals surface area contributed by atoms with Crippen molar-refractivity contribution in [2.45, 2.75) is 25.7 Å². The summed E-state index contributed by atoms with van der Waals surface area (Å²) in [6.45, 7) is 1.98. The average molecular weight is 246 g/mol. The van der Waals surface area contributed by atoms with E-state index in [2.05, 4.69) is 9.88 Å². The summed E-state index contributed by atoms with van der Waals surface area (Å²) in [5.41, 5.74) is 1.17. The molecular formula is C14H18N2O2. The quantitative estimate of drug-likeness (QED) is 0.870. The van der Waals surface area contributed by atoms with E-state index in [4.69, 9.17) is 0 Å². The predicted molar refractivity (Wildman–Crippen MR) is 68.9 cm³/mol. The first-order valence-electron chi connectivity index (χ1n) is 6.66. The topological polar surface area (TPSA) is 53.4 Å². The lowest BCUT2D eigenvalue weighted by Crippen LogP contribution is -2.43. The monoisotopic (exact) mass is 246 g/mol. The van der Waals surface area contributed by atoms with Crippen LogP contribution in [-0.2, 0) is 0 Å². The highest BCUT2D eigenvalue weighted by Crippen LogP contribution is 2.36. The van der Waals surface area contributed by atoms with Crippen LogP contribution in [0.15, 0.2) is 18.5 Å². The van der Waals surface area contributed by atoms with Gasteiger partial charge in [-0.2, -0.15) is 0 Å². The van der Waals surface area contributed by atoms with Crippen LogP contribution in [0.3, 0.4) is 0 Å². The Hall–Kier alpha value is -1.58. The summed E-state index contributed by atoms with van der Waals surface area (Å²) in [4.78, 5) is 17.6. The van der Waals surface area contributed by atoms with E-state index in [1.165, 1.54) is 25.7 Å². The molecule has 18 heavy (non-hydrogen) atoms. The SMILES string of the molecule is O=C(O)c1ccncc1N1CC2CCCC(C2)C1. The molecule has 1 aromatic rings. The van der Waals surface area contributed by atoms with Gasteiger partial charge in [-0.1, -0.05) is 6.42 Å². The van der Waals surface area contributed by atoms with Gasteiger partial charge in [-0.25, -0.2) is 4.79 Å². The highest BCUT2D eigenvalue weighted by atomic mass is 16.4. The molecule has 2 bridgehead atoms. The summed E-state index contributed by atoms with van der Waals surface area (Å²) in [6.07, 6.45) is 8.48. The summed E-state index contributed by atoms with van der Waals surface area (Å²) in [7, 11) is 0. The van der Waals surface area contributed by atoms with Crippen molar-refractivity contribution in [2.24, 2.45) is 11.8 Å². The molecule has 0 amide bonds. The Labute approximate surface area is 107 Å². The second kappa shape index (κ2) is 4.59. The number of piperidine rings is 1. The first-order chi connectivity index (χ1) is 8.74. The van der Waals surface area contributed by atoms with Crippen molar-refractivity contribution >= 4 is 11.7 Å². The van der Waals surface area contributed by atoms with Crippen LogP contribution in [0.4, 0.5) is 5.69 Å². The van der Waals surface area contributed by atoms with Gasteiger partial charge in [0.2, 0.25) is 0 Å². The number of pyridine rings is 1. The van der Waals surface area contributed by atoms with Crippen LogP contribution in [0.25, 0.3) is 0 Å². The molecule has 4 heteroatoms. The molecule has 2 fully saturated rings. The van der Waals surface area contributed by atoms with E-state index in [0.29, 0.717) is 5.56 Å². The first-order valence-corrected chi connectivity index (χ1v) is 6.66. The summed E-state index contributed by atoms with van der Waals surface area (Å²) in [6, 6.07) is 1.60. The second-order valence-corrected chi connectivity index (χ2v) is 5.50. The van der Waals surface area contributed by atoms with Gasteiger partial charge < -0.3 is 10.0 Å². The fraction of sp³-hybridized carbons (Fsp3) is 0.571. The number of carboxylic acid groups (broad SMARTS) is 1. The molecule has 2 heterocycles. The lowest BCUT2D eigenvalue weighted by molar-refractivity contribution is 0.0697. The van der Waals surface area contributed by atoms with Gasteiger partial charge in [-0.3, -0.25) is 4.98 Å². The molecule has 0 aromatic carbocycles. The van der Waals surface area contributed by atoms with Crippen molar-refractivity contribution in [3.05, 3.63) is 24.0 Å². The fourth-order valence-corrected chi connectivity index (χ4v) is 3.45. The Kier molecular flexibility index (Phi) is 2.94. The molecule has 3 rings (SSSR count). The maximum atomic E-state index is 11.3. The molecule has 2 unspecified atom stereocenters. The van der Waals surface area contributed by atoms with Gasteiger partial charge in [-0.15, -0.1) is 0 Å². The van der Waals surface area contributed by atoms with Gasteiger partial charge in [0.05, 0.1) is 17.4 Å². The van der Waals surface area contributed by atoms with Crippen molar-refractivity contribution in [3.8, 4) is 0 Å². The summed E-state index contributed by atoms with van der Waals surface area (Å²) >= 11 is 0. The average Bonchev–Trinajstić information content (AvgIpc) is 2.38. The van der Waals surface area contributed by atoms with E-state index in [-0.39, 0.29) is 0 Å². The number of carboxylic acids is 1. The van der Waals surface area contributed by atoms with Crippen LogP contribution in [0, 0.1) is 11.8 Å². The number of nitrogens with zero attached hydrogens (tertiary/aromatic N) is 2. The smallest absolute Gasteiger partial charge is 0.337 e. The first kappa shape index (κ1) is 11.5. The van der Waals surface area contributed by atoms with Crippen LogP contribution >= 0.6 is 0 Å². The number of rotatable bonds is 2. The van der Waals surface area contributed by atoms with Gasteiger partial charge >= 0.3 is 5.97 Å². The normalized spacial score (nSPS) is 27.0. The maximum Gasteiger partial charge on any atom is 0.337 e. The van der Waals surface area contributed by atoms with E-state index >= 15 is 0 Å². The minimum atomic E-state index is -0.858. The zero-order valence-electron chi connectivity index (χ0n) is 10.4. The van der Waals surface area contributed by atoms with Crippen LogP contribution < -0.4 is 4.90 Å². The van der Waals surface area contributed by atoms with Gasteiger partial charge in [0.15, 0.2) is 0 Å². The standard InChI is InChI=1S/C14H18N2O2/c17-14(18)12-4-5-15-7-13(12)16-8-10-2-1-3-11(6-10)9-16/h4-5,7,10-11H,1-3,6,8-9H2,(H,17,18). The third-order valence-corrected chi connectivity index (χ3v) is 4.22. The van der Waals surface area contributed by atoms with Gasteiger partial charge in [-0.05, 0) is 37.2 Å². The Morgan fingerprint density at radius 2 is 2.06 bits per heavy atom. The maximum absolute atomic E-state index is 11.3. The van der Waals surface area contributed by atoms with Crippen molar-refractivity contribution in [1.82, 2.24) is 4.98 Å². The molecule has 1 aromatic heterocycles. The second-order valence-electron chi connectivity index (χ2n) is 5.50. The molecule has 1 N–H and O–H groups in total. The third kappa shape index (κ3) is 2.07. The van der Waals surface area contributed by atoms with E-state index in [9.17, 15) is 9.90 Å². The lowest BCUT2D eigenvalue weighted by atomic mass is 9.78. The van der Waals surface area contributed by atoms with Crippen LogP contribution in [0.1, 0.15) is 36.0 Å². The van der Waals surface area contributed by atoms with Gasteiger partial charge in [0.25, 0.3) is 0 Å². The molecule has 96 valence electrons. The lowest BCUT2D eigenvalue weighted by Gasteiger charge is -2.42. The summed E-state index contributed by atoms with van der Waals surface area (Å²) < 4.78 is 0. The van der Waals surface area contributed by atoms with Crippen molar-refractivity contribution in [1.29, 1.82) is 0 Å². The van der Waals surface area contributed by atoms with Gasteiger partial charge in [0, 0.05) is 19.3 Å². The molecule has 1 saturated carbocycles. The summed E-state index contributed by atoms with van der Waals surface area (Å²) in [5.74, 6) is 0.613. The minimum Gasteiger partial charge on any atom is -0.478 e. The molecule has 1 aliphatic heterocycles. The largest absolute Gasteiger partial charge is 0.478 e. The number of fused-ring (bicyclic) bond motifs is 2. The number of carbonyl (C=O) groups is 1. The highest BCUT2D eigenvalue weighted by molar-refractivity contribution is 5.94. The number of anilines is 1. The fourth-order valence-electron chi connectivity index (χ4n) is 3.45. The molecule has 1 saturated heterocycles. The minimum absolute atomic E-state index is 0.380. The van der Waals surface area contributed by atoms with Crippen LogP contribution in [0.5, 0.6) is 0 Å². The molecule has 1 aliphatic carbocycles. The number of aromatic carboxylic acids is 1. The highest BCUT2D eigenvalue weighted by Gasteiger charge is 2.31. The Balaban J connectivity index is 1.88. The Bertz CT molecular complexity index is 449. The molecule has 2 aliphatic rings. The van der Waals surface area contributed by atoms with Crippen LogP contribution in [-0.4, -0.2) is 29.1 Å². The van der Waals surface area contributed by atoms with Crippen molar-refractivity contribution < 1.29 is 9.90 Å². The predicted octanol–water partition coefficient (Wildman–Crippen LogP) is 2.41. The van der Waals surface area contributed by atoms with E-state index in [1.54, 1.807) is 18.5 Å². The van der Waals surface area contributed by atoms with E-state index in [0.717, 1.165) is 30.6 Å². The number of aromatic nitrogens is 1. The molecule has 2 atom stereocenters. The van der Waals surface area contributed by atoms with E-state index < -0.39 is 5.97 Å². The number of hydrogen-bond acceptors (Lipinski definition) is 3. The Morgan fingerprint density at radius 1 is 1.33 bits per heavy atom. The molecule has 4 nitrogen and oxygen atoms in total. The molecule has 0 spiro atoms. The van der Waals surface area contributed by atoms with Crippen molar-refractivity contribution in [3.63, 3.8) is 0 Å². The van der Waals surface area contributed by atoms with Crippen molar-refractivity contribution in [2.75, 3.05) is 18.0 Å². The van der Waals surface area contributed by atoms with Crippen LogP contribution in [0.2, 0.25) is 0 Å². The molecular weight excluding hydrogens is 228 g/mol. The van der Waals surface area contributed by atoms with E-state index in [1.807, 2.05) is 0 Å². The van der Waals surface area contributed by atoms with Gasteiger partial charge in [0.1, 0.15) is 0 Å². The zero-order chi connectivity index (χ0) is 12.5.